The van der Waals surface area contributed by atoms with E-state index in [1.54, 1.807) is 13.0 Å². The Hall–Kier alpha value is -0.340. The van der Waals surface area contributed by atoms with E-state index >= 15 is 0 Å². The van der Waals surface area contributed by atoms with Crippen molar-refractivity contribution in [2.45, 2.75) is 32.0 Å². The van der Waals surface area contributed by atoms with Crippen molar-refractivity contribution in [1.82, 2.24) is 0 Å². The Labute approximate surface area is 61.2 Å². The summed E-state index contributed by atoms with van der Waals surface area (Å²) < 4.78 is 0. The molecule has 0 saturated heterocycles. The minimum Gasteiger partial charge on any atom is -0.390 e. The molecular weight excluding hydrogens is 128 g/mol. The van der Waals surface area contributed by atoms with E-state index in [4.69, 9.17) is 0 Å². The van der Waals surface area contributed by atoms with E-state index in [9.17, 15) is 10.2 Å². The molecule has 0 amide bonds. The molecule has 0 spiro atoms. The second kappa shape index (κ2) is 2.36. The Morgan fingerprint density at radius 2 is 2.20 bits per heavy atom. The van der Waals surface area contributed by atoms with Crippen molar-refractivity contribution >= 4 is 0 Å². The third-order valence-electron chi connectivity index (χ3n) is 2.03. The number of hydrogen-bond acceptors (Lipinski definition) is 2. The number of aliphatic hydroxyl groups is 2. The second-order valence-electron chi connectivity index (χ2n) is 3.31. The molecule has 0 fully saturated rings. The maximum atomic E-state index is 9.42. The normalized spacial score (nSPS) is 47.6. The summed E-state index contributed by atoms with van der Waals surface area (Å²) in [7, 11) is 0. The van der Waals surface area contributed by atoms with Crippen molar-refractivity contribution in [3.63, 3.8) is 0 Å². The number of allylic oxidation sites excluding steroid dienone is 1. The van der Waals surface area contributed by atoms with Crippen LogP contribution in [-0.2, 0) is 0 Å². The summed E-state index contributed by atoms with van der Waals surface area (Å²) in [5.74, 6) is 0.384. The van der Waals surface area contributed by atoms with Crippen molar-refractivity contribution < 1.29 is 10.2 Å². The Bertz CT molecular complexity index is 149. The molecule has 0 aromatic rings. The predicted molar refractivity (Wildman–Crippen MR) is 39.6 cm³/mol. The van der Waals surface area contributed by atoms with Crippen LogP contribution in [0.15, 0.2) is 12.2 Å². The maximum absolute atomic E-state index is 9.42. The Balaban J connectivity index is 2.72. The zero-order chi connectivity index (χ0) is 7.78. The van der Waals surface area contributed by atoms with Crippen LogP contribution < -0.4 is 0 Å². The minimum atomic E-state index is -1.01. The Morgan fingerprint density at radius 3 is 2.60 bits per heavy atom. The van der Waals surface area contributed by atoms with Crippen molar-refractivity contribution in [3.05, 3.63) is 12.2 Å². The molecule has 0 heterocycles. The number of hydrogen-bond donors (Lipinski definition) is 2. The van der Waals surface area contributed by atoms with Gasteiger partial charge >= 0.3 is 0 Å². The van der Waals surface area contributed by atoms with Gasteiger partial charge in [-0.1, -0.05) is 19.1 Å². The van der Waals surface area contributed by atoms with Gasteiger partial charge in [0.2, 0.25) is 0 Å². The highest BCUT2D eigenvalue weighted by atomic mass is 16.3. The van der Waals surface area contributed by atoms with Crippen LogP contribution in [0.5, 0.6) is 0 Å². The lowest BCUT2D eigenvalue weighted by molar-refractivity contribution is -0.0406. The highest BCUT2D eigenvalue weighted by Crippen LogP contribution is 2.25. The van der Waals surface area contributed by atoms with Gasteiger partial charge in [-0.2, -0.15) is 0 Å². The molecule has 0 radical (unpaired) electrons. The largest absolute Gasteiger partial charge is 0.390 e. The van der Waals surface area contributed by atoms with Gasteiger partial charge in [-0.25, -0.2) is 0 Å². The van der Waals surface area contributed by atoms with Crippen LogP contribution in [0.3, 0.4) is 0 Å². The molecule has 0 aliphatic heterocycles. The third-order valence-corrected chi connectivity index (χ3v) is 2.03. The molecule has 1 aliphatic rings. The van der Waals surface area contributed by atoms with Gasteiger partial charge in [0, 0.05) is 0 Å². The van der Waals surface area contributed by atoms with Gasteiger partial charge in [-0.15, -0.1) is 0 Å². The van der Waals surface area contributed by atoms with Crippen LogP contribution in [0, 0.1) is 5.92 Å². The first-order chi connectivity index (χ1) is 4.52. The molecule has 58 valence electrons. The van der Waals surface area contributed by atoms with E-state index in [-0.39, 0.29) is 0 Å². The second-order valence-corrected chi connectivity index (χ2v) is 3.31. The van der Waals surface area contributed by atoms with E-state index in [1.165, 1.54) is 0 Å². The summed E-state index contributed by atoms with van der Waals surface area (Å²) in [6.45, 7) is 3.65. The molecule has 2 heteroatoms. The lowest BCUT2D eigenvalue weighted by atomic mass is 9.85. The molecule has 0 saturated carbocycles. The standard InChI is InChI=1S/C8H14O2/c1-6-3-4-8(2,10)7(9)5-6/h3-4,6-7,9-10H,5H2,1-2H3. The van der Waals surface area contributed by atoms with Gasteiger partial charge in [-0.3, -0.25) is 0 Å². The molecule has 1 rings (SSSR count). The summed E-state index contributed by atoms with van der Waals surface area (Å²) in [5.41, 5.74) is -1.01. The molecule has 2 N–H and O–H groups in total. The van der Waals surface area contributed by atoms with Crippen LogP contribution in [0.1, 0.15) is 20.3 Å². The van der Waals surface area contributed by atoms with Gasteiger partial charge in [0.05, 0.1) is 6.10 Å². The summed E-state index contributed by atoms with van der Waals surface area (Å²) >= 11 is 0. The fourth-order valence-corrected chi connectivity index (χ4v) is 1.14. The molecule has 10 heavy (non-hydrogen) atoms. The predicted octanol–water partition coefficient (Wildman–Crippen LogP) is 0.694. The van der Waals surface area contributed by atoms with Crippen LogP contribution in [-0.4, -0.2) is 21.9 Å². The quantitative estimate of drug-likeness (QED) is 0.489. The first-order valence-electron chi connectivity index (χ1n) is 3.62. The van der Waals surface area contributed by atoms with Gasteiger partial charge in [-0.05, 0) is 19.3 Å². The molecule has 1 aliphatic carbocycles. The van der Waals surface area contributed by atoms with Crippen LogP contribution in [0.25, 0.3) is 0 Å². The highest BCUT2D eigenvalue weighted by Gasteiger charge is 2.31. The van der Waals surface area contributed by atoms with Crippen molar-refractivity contribution in [2.75, 3.05) is 0 Å². The summed E-state index contributed by atoms with van der Waals surface area (Å²) in [4.78, 5) is 0. The lowest BCUT2D eigenvalue weighted by Gasteiger charge is -2.31. The molecule has 0 aromatic carbocycles. The summed E-state index contributed by atoms with van der Waals surface area (Å²) in [6.07, 6.45) is 3.66. The van der Waals surface area contributed by atoms with Crippen molar-refractivity contribution in [1.29, 1.82) is 0 Å². The molecule has 0 bridgehead atoms. The van der Waals surface area contributed by atoms with Gasteiger partial charge in [0.25, 0.3) is 0 Å². The molecule has 0 aromatic heterocycles. The summed E-state index contributed by atoms with van der Waals surface area (Å²) in [5, 5.41) is 18.7. The third kappa shape index (κ3) is 1.39. The van der Waals surface area contributed by atoms with Crippen LogP contribution >= 0.6 is 0 Å². The SMILES string of the molecule is CC1C=CC(C)(O)C(O)C1. The van der Waals surface area contributed by atoms with E-state index in [2.05, 4.69) is 0 Å². The fraction of sp³-hybridized carbons (Fsp3) is 0.750. The first-order valence-corrected chi connectivity index (χ1v) is 3.62. The first kappa shape index (κ1) is 7.76. The Kier molecular flexibility index (Phi) is 1.84. The van der Waals surface area contributed by atoms with Gasteiger partial charge in [0.15, 0.2) is 0 Å². The average Bonchev–Trinajstić information content (AvgIpc) is 1.81. The lowest BCUT2D eigenvalue weighted by Crippen LogP contribution is -2.40. The zero-order valence-corrected chi connectivity index (χ0v) is 6.41. The van der Waals surface area contributed by atoms with Crippen molar-refractivity contribution in [3.8, 4) is 0 Å². The summed E-state index contributed by atoms with van der Waals surface area (Å²) in [6, 6.07) is 0. The van der Waals surface area contributed by atoms with E-state index in [0.29, 0.717) is 12.3 Å². The zero-order valence-electron chi connectivity index (χ0n) is 6.41. The number of rotatable bonds is 0. The average molecular weight is 142 g/mol. The molecule has 3 unspecified atom stereocenters. The smallest absolute Gasteiger partial charge is 0.106 e. The molecule has 3 atom stereocenters. The van der Waals surface area contributed by atoms with E-state index in [1.807, 2.05) is 13.0 Å². The fourth-order valence-electron chi connectivity index (χ4n) is 1.14. The van der Waals surface area contributed by atoms with Crippen molar-refractivity contribution in [2.24, 2.45) is 5.92 Å². The topological polar surface area (TPSA) is 40.5 Å². The van der Waals surface area contributed by atoms with E-state index in [0.717, 1.165) is 0 Å². The van der Waals surface area contributed by atoms with Gasteiger partial charge in [0.1, 0.15) is 5.60 Å². The monoisotopic (exact) mass is 142 g/mol. The Morgan fingerprint density at radius 1 is 1.60 bits per heavy atom. The highest BCUT2D eigenvalue weighted by molar-refractivity contribution is 5.09. The number of aliphatic hydroxyl groups excluding tert-OH is 1. The van der Waals surface area contributed by atoms with Gasteiger partial charge < -0.3 is 10.2 Å². The van der Waals surface area contributed by atoms with Crippen LogP contribution in [0.2, 0.25) is 0 Å². The molecule has 2 nitrogen and oxygen atoms in total. The minimum absolute atomic E-state index is 0.384. The van der Waals surface area contributed by atoms with E-state index < -0.39 is 11.7 Å². The molecular formula is C8H14O2. The van der Waals surface area contributed by atoms with Crippen LogP contribution in [0.4, 0.5) is 0 Å². The maximum Gasteiger partial charge on any atom is 0.106 e.